The van der Waals surface area contributed by atoms with Crippen molar-refractivity contribution in [3.63, 3.8) is 0 Å². The van der Waals surface area contributed by atoms with Crippen LogP contribution >= 0.6 is 0 Å². The van der Waals surface area contributed by atoms with Crippen molar-refractivity contribution in [1.29, 1.82) is 5.26 Å². The van der Waals surface area contributed by atoms with Crippen molar-refractivity contribution < 1.29 is 14.3 Å². The molecule has 2 fully saturated rings. The number of nitrogens with two attached hydrogens (primary N) is 1. The highest BCUT2D eigenvalue weighted by Gasteiger charge is 2.36. The molecule has 11 nitrogen and oxygen atoms in total. The van der Waals surface area contributed by atoms with Crippen molar-refractivity contribution in [2.75, 3.05) is 37.4 Å². The van der Waals surface area contributed by atoms with Crippen LogP contribution in [-0.2, 0) is 9.53 Å². The Kier molecular flexibility index (Phi) is 6.05. The quantitative estimate of drug-likeness (QED) is 0.718. The molecule has 0 bridgehead atoms. The number of amides is 1. The first-order valence-electron chi connectivity index (χ1n) is 10.5. The summed E-state index contributed by atoms with van der Waals surface area (Å²) in [5, 5.41) is 9.92. The molecule has 4 rings (SSSR count). The summed E-state index contributed by atoms with van der Waals surface area (Å²) in [5.74, 6) is 0.827. The molecular weight excluding hydrogens is 412 g/mol. The second kappa shape index (κ2) is 8.92. The molecule has 1 amide bonds. The van der Waals surface area contributed by atoms with Gasteiger partial charge in [-0.05, 0) is 6.92 Å². The lowest BCUT2D eigenvalue weighted by Gasteiger charge is -2.40. The van der Waals surface area contributed by atoms with Gasteiger partial charge in [-0.15, -0.1) is 0 Å². The molecule has 1 aliphatic heterocycles. The van der Waals surface area contributed by atoms with E-state index in [1.807, 2.05) is 11.8 Å². The van der Waals surface area contributed by atoms with Crippen molar-refractivity contribution in [3.05, 3.63) is 18.0 Å². The summed E-state index contributed by atoms with van der Waals surface area (Å²) in [4.78, 5) is 32.7. The zero-order valence-electron chi connectivity index (χ0n) is 18.4. The van der Waals surface area contributed by atoms with E-state index in [1.54, 1.807) is 18.9 Å². The molecule has 168 valence electrons. The first kappa shape index (κ1) is 21.7. The van der Waals surface area contributed by atoms with Crippen molar-refractivity contribution in [2.24, 2.45) is 0 Å². The van der Waals surface area contributed by atoms with E-state index in [4.69, 9.17) is 15.2 Å². The number of anilines is 2. The Bertz CT molecular complexity index is 1030. The van der Waals surface area contributed by atoms with E-state index in [-0.39, 0.29) is 41.5 Å². The number of morpholine rings is 1. The largest absolute Gasteiger partial charge is 0.473 e. The minimum absolute atomic E-state index is 0.0161. The second-order valence-corrected chi connectivity index (χ2v) is 8.11. The predicted octanol–water partition coefficient (Wildman–Crippen LogP) is 1.00. The number of carbonyl (C=O) groups is 1. The number of carbonyl (C=O) groups excluding carboxylic acids is 1. The fraction of sp³-hybridized carbons (Fsp3) is 0.524. The maximum absolute atomic E-state index is 11.6. The minimum atomic E-state index is -0.144. The average molecular weight is 438 g/mol. The minimum Gasteiger partial charge on any atom is -0.473 e. The van der Waals surface area contributed by atoms with Gasteiger partial charge in [0.25, 0.3) is 0 Å². The number of ether oxygens (including phenoxy) is 2. The van der Waals surface area contributed by atoms with Crippen LogP contribution in [0.15, 0.2) is 12.4 Å². The molecule has 1 saturated heterocycles. The Labute approximate surface area is 186 Å². The summed E-state index contributed by atoms with van der Waals surface area (Å²) in [7, 11) is 1.78. The van der Waals surface area contributed by atoms with Crippen LogP contribution in [0.3, 0.4) is 0 Å². The van der Waals surface area contributed by atoms with Gasteiger partial charge >= 0.3 is 0 Å². The van der Waals surface area contributed by atoms with Gasteiger partial charge in [0.15, 0.2) is 0 Å². The van der Waals surface area contributed by atoms with Crippen molar-refractivity contribution >= 4 is 17.8 Å². The van der Waals surface area contributed by atoms with Gasteiger partial charge in [0, 0.05) is 57.4 Å². The van der Waals surface area contributed by atoms with Gasteiger partial charge in [-0.2, -0.15) is 10.2 Å². The molecule has 1 atom stereocenters. The van der Waals surface area contributed by atoms with Gasteiger partial charge < -0.3 is 25.0 Å². The van der Waals surface area contributed by atoms with Crippen LogP contribution in [0.25, 0.3) is 11.3 Å². The number of nitrogen functional groups attached to an aromatic ring is 1. The van der Waals surface area contributed by atoms with Gasteiger partial charge in [-0.25, -0.2) is 15.0 Å². The summed E-state index contributed by atoms with van der Waals surface area (Å²) in [6, 6.07) is 2.37. The smallest absolute Gasteiger partial charge is 0.237 e. The number of nitriles is 1. The molecule has 3 heterocycles. The lowest BCUT2D eigenvalue weighted by Crippen LogP contribution is -2.49. The Morgan fingerprint density at radius 3 is 2.69 bits per heavy atom. The molecule has 0 spiro atoms. The molecule has 1 aliphatic carbocycles. The molecule has 2 aromatic heterocycles. The molecule has 2 aliphatic rings. The Morgan fingerprint density at radius 1 is 1.34 bits per heavy atom. The predicted molar refractivity (Wildman–Crippen MR) is 116 cm³/mol. The lowest BCUT2D eigenvalue weighted by molar-refractivity contribution is -0.133. The van der Waals surface area contributed by atoms with Crippen molar-refractivity contribution in [2.45, 2.75) is 44.9 Å². The van der Waals surface area contributed by atoms with E-state index in [0.29, 0.717) is 49.8 Å². The van der Waals surface area contributed by atoms with E-state index >= 15 is 0 Å². The normalized spacial score (nSPS) is 22.6. The highest BCUT2D eigenvalue weighted by Crippen LogP contribution is 2.34. The number of nitrogens with zero attached hydrogens (tertiary/aromatic N) is 7. The third-order valence-electron chi connectivity index (χ3n) is 5.94. The zero-order valence-corrected chi connectivity index (χ0v) is 18.4. The van der Waals surface area contributed by atoms with Crippen LogP contribution in [-0.4, -0.2) is 75.7 Å². The van der Waals surface area contributed by atoms with Crippen LogP contribution in [0.5, 0.6) is 5.88 Å². The maximum atomic E-state index is 11.6. The number of rotatable bonds is 5. The van der Waals surface area contributed by atoms with Crippen LogP contribution < -0.4 is 15.4 Å². The zero-order chi connectivity index (χ0) is 22.8. The summed E-state index contributed by atoms with van der Waals surface area (Å²) < 4.78 is 11.7. The monoisotopic (exact) mass is 438 g/mol. The fourth-order valence-electron chi connectivity index (χ4n) is 3.80. The molecule has 0 aromatic carbocycles. The van der Waals surface area contributed by atoms with E-state index in [0.717, 1.165) is 0 Å². The van der Waals surface area contributed by atoms with Gasteiger partial charge in [0.05, 0.1) is 19.3 Å². The van der Waals surface area contributed by atoms with Crippen molar-refractivity contribution in [1.82, 2.24) is 24.8 Å². The fourth-order valence-corrected chi connectivity index (χ4v) is 3.80. The third kappa shape index (κ3) is 4.27. The van der Waals surface area contributed by atoms with Crippen LogP contribution in [0.1, 0.15) is 32.3 Å². The topological polar surface area (TPSA) is 143 Å². The Hall–Kier alpha value is -3.52. The standard InChI is InChI=1S/C21H26N8O3/c1-12-11-31-5-4-29(12)21-26-18(14-9-24-20(23)25-10-14)17(8-22)19(27-21)32-16-6-15(7-16)28(3)13(2)30/h9-10,12,15-16H,4-7,11H2,1-3H3,(H2,23,24,25)/t12-,15-,16-/m0/s1. The Morgan fingerprint density at radius 2 is 2.06 bits per heavy atom. The molecule has 2 N–H and O–H groups in total. The molecular formula is C21H26N8O3. The van der Waals surface area contributed by atoms with Crippen LogP contribution in [0.2, 0.25) is 0 Å². The first-order chi connectivity index (χ1) is 15.4. The summed E-state index contributed by atoms with van der Waals surface area (Å²) >= 11 is 0. The van der Waals surface area contributed by atoms with Crippen molar-refractivity contribution in [3.8, 4) is 23.2 Å². The van der Waals surface area contributed by atoms with Gasteiger partial charge in [0.2, 0.25) is 23.7 Å². The molecule has 0 unspecified atom stereocenters. The summed E-state index contributed by atoms with van der Waals surface area (Å²) in [5.41, 5.74) is 6.78. The van der Waals surface area contributed by atoms with Crippen LogP contribution in [0, 0.1) is 11.3 Å². The summed E-state index contributed by atoms with van der Waals surface area (Å²) in [6.45, 7) is 5.32. The Balaban J connectivity index is 1.69. The SMILES string of the molecule is CC(=O)N(C)[C@H]1C[C@H](Oc2nc(N3CCOC[C@@H]3C)nc(-c3cnc(N)nc3)c2C#N)C1. The molecule has 1 saturated carbocycles. The van der Waals surface area contributed by atoms with E-state index in [2.05, 4.69) is 26.0 Å². The molecule has 2 aromatic rings. The number of hydrogen-bond donors (Lipinski definition) is 1. The lowest BCUT2D eigenvalue weighted by atomic mass is 9.88. The number of aromatic nitrogens is 4. The average Bonchev–Trinajstić information content (AvgIpc) is 2.75. The highest BCUT2D eigenvalue weighted by atomic mass is 16.5. The number of hydrogen-bond acceptors (Lipinski definition) is 10. The van der Waals surface area contributed by atoms with Gasteiger partial charge in [-0.3, -0.25) is 4.79 Å². The van der Waals surface area contributed by atoms with E-state index in [1.165, 1.54) is 12.4 Å². The second-order valence-electron chi connectivity index (χ2n) is 8.11. The molecule has 11 heteroatoms. The maximum Gasteiger partial charge on any atom is 0.237 e. The van der Waals surface area contributed by atoms with Crippen LogP contribution in [0.4, 0.5) is 11.9 Å². The van der Waals surface area contributed by atoms with Gasteiger partial charge in [-0.1, -0.05) is 0 Å². The third-order valence-corrected chi connectivity index (χ3v) is 5.94. The van der Waals surface area contributed by atoms with Gasteiger partial charge in [0.1, 0.15) is 23.4 Å². The highest BCUT2D eigenvalue weighted by molar-refractivity contribution is 5.73. The summed E-state index contributed by atoms with van der Waals surface area (Å²) in [6.07, 6.45) is 4.27. The van der Waals surface area contributed by atoms with E-state index < -0.39 is 0 Å². The molecule has 32 heavy (non-hydrogen) atoms. The first-order valence-corrected chi connectivity index (χ1v) is 10.5. The molecule has 0 radical (unpaired) electrons. The van der Waals surface area contributed by atoms with E-state index in [9.17, 15) is 10.1 Å².